The van der Waals surface area contributed by atoms with Crippen LogP contribution < -0.4 is 9.47 Å². The summed E-state index contributed by atoms with van der Waals surface area (Å²) in [5.74, 6) is 1.44. The number of benzene rings is 1. The van der Waals surface area contributed by atoms with E-state index < -0.39 is 10.0 Å². The van der Waals surface area contributed by atoms with Crippen LogP contribution in [0.15, 0.2) is 63.4 Å². The lowest BCUT2D eigenvalue weighted by atomic mass is 10.3. The van der Waals surface area contributed by atoms with Crippen molar-refractivity contribution in [2.24, 2.45) is 0 Å². The minimum atomic E-state index is -3.75. The molecule has 6 nitrogen and oxygen atoms in total. The van der Waals surface area contributed by atoms with Crippen molar-refractivity contribution in [1.29, 1.82) is 0 Å². The first-order valence-electron chi connectivity index (χ1n) is 8.31. The van der Waals surface area contributed by atoms with Crippen LogP contribution in [0.25, 0.3) is 0 Å². The van der Waals surface area contributed by atoms with Crippen molar-refractivity contribution in [2.75, 3.05) is 20.8 Å². The molecule has 27 heavy (non-hydrogen) atoms. The Kier molecular flexibility index (Phi) is 6.20. The largest absolute Gasteiger partial charge is 0.493 e. The number of sulfonamides is 1. The number of rotatable bonds is 9. The first-order valence-corrected chi connectivity index (χ1v) is 10.6. The quantitative estimate of drug-likeness (QED) is 0.540. The van der Waals surface area contributed by atoms with Gasteiger partial charge in [0.25, 0.3) is 0 Å². The Labute approximate surface area is 163 Å². The van der Waals surface area contributed by atoms with Crippen LogP contribution in [-0.4, -0.2) is 33.5 Å². The molecular formula is C19H21NO5S2. The highest BCUT2D eigenvalue weighted by Crippen LogP contribution is 2.31. The average Bonchev–Trinajstić information content (AvgIpc) is 3.38. The van der Waals surface area contributed by atoms with Gasteiger partial charge in [0.2, 0.25) is 10.0 Å². The third-order valence-electron chi connectivity index (χ3n) is 4.09. The van der Waals surface area contributed by atoms with E-state index in [0.29, 0.717) is 30.2 Å². The van der Waals surface area contributed by atoms with Gasteiger partial charge in [-0.25, -0.2) is 8.42 Å². The van der Waals surface area contributed by atoms with Crippen LogP contribution in [0.3, 0.4) is 0 Å². The number of hydrogen-bond acceptors (Lipinski definition) is 6. The summed E-state index contributed by atoms with van der Waals surface area (Å²) in [6.45, 7) is 0.507. The molecule has 8 heteroatoms. The van der Waals surface area contributed by atoms with E-state index in [0.717, 1.165) is 4.88 Å². The average molecular weight is 408 g/mol. The van der Waals surface area contributed by atoms with Gasteiger partial charge in [-0.15, -0.1) is 11.3 Å². The van der Waals surface area contributed by atoms with Crippen molar-refractivity contribution in [2.45, 2.75) is 17.9 Å². The molecule has 2 aromatic heterocycles. The summed E-state index contributed by atoms with van der Waals surface area (Å²) in [7, 11) is -0.758. The van der Waals surface area contributed by atoms with Crippen LogP contribution in [0.5, 0.6) is 11.5 Å². The van der Waals surface area contributed by atoms with Crippen LogP contribution in [0.4, 0.5) is 0 Å². The zero-order chi connectivity index (χ0) is 19.3. The zero-order valence-electron chi connectivity index (χ0n) is 15.1. The maximum atomic E-state index is 13.3. The molecule has 0 saturated carbocycles. The van der Waals surface area contributed by atoms with Gasteiger partial charge in [0, 0.05) is 17.5 Å². The van der Waals surface area contributed by atoms with Crippen LogP contribution in [0.2, 0.25) is 0 Å². The third kappa shape index (κ3) is 4.52. The molecule has 0 fully saturated rings. The molecule has 3 rings (SSSR count). The smallest absolute Gasteiger partial charge is 0.243 e. The van der Waals surface area contributed by atoms with E-state index in [1.54, 1.807) is 29.5 Å². The van der Waals surface area contributed by atoms with Gasteiger partial charge in [-0.1, -0.05) is 6.07 Å². The van der Waals surface area contributed by atoms with Gasteiger partial charge < -0.3 is 13.9 Å². The van der Waals surface area contributed by atoms with Gasteiger partial charge in [-0.3, -0.25) is 0 Å². The summed E-state index contributed by atoms with van der Waals surface area (Å²) in [6.07, 6.45) is 2.17. The van der Waals surface area contributed by atoms with Crippen molar-refractivity contribution >= 4 is 21.4 Å². The highest BCUT2D eigenvalue weighted by Gasteiger charge is 2.26. The van der Waals surface area contributed by atoms with Crippen LogP contribution in [0.1, 0.15) is 10.6 Å². The summed E-state index contributed by atoms with van der Waals surface area (Å²) in [5, 5.41) is 1.98. The van der Waals surface area contributed by atoms with Crippen molar-refractivity contribution in [3.63, 3.8) is 0 Å². The fourth-order valence-corrected chi connectivity index (χ4v) is 4.80. The van der Waals surface area contributed by atoms with E-state index in [-0.39, 0.29) is 11.4 Å². The van der Waals surface area contributed by atoms with E-state index >= 15 is 0 Å². The second-order valence-electron chi connectivity index (χ2n) is 5.76. The van der Waals surface area contributed by atoms with E-state index in [1.165, 1.54) is 36.9 Å². The van der Waals surface area contributed by atoms with Gasteiger partial charge in [0.05, 0.1) is 31.9 Å². The number of nitrogens with zero attached hydrogens (tertiary/aromatic N) is 1. The standard InChI is InChI=1S/C19H21NO5S2/c1-23-18-8-7-17(13-19(18)24-2)27(21,22)20(14-15-5-3-11-25-15)10-9-16-6-4-12-26-16/h3-8,11-13H,9-10,14H2,1-2H3. The lowest BCUT2D eigenvalue weighted by Gasteiger charge is -2.21. The van der Waals surface area contributed by atoms with Crippen molar-refractivity contribution in [1.82, 2.24) is 4.31 Å². The van der Waals surface area contributed by atoms with Crippen molar-refractivity contribution < 1.29 is 22.3 Å². The monoisotopic (exact) mass is 407 g/mol. The SMILES string of the molecule is COc1ccc(S(=O)(=O)N(CCc2cccs2)Cc2ccco2)cc1OC. The molecule has 0 saturated heterocycles. The first-order chi connectivity index (χ1) is 13.0. The number of ether oxygens (including phenoxy) is 2. The van der Waals surface area contributed by atoms with Crippen LogP contribution in [-0.2, 0) is 23.0 Å². The molecule has 3 aromatic rings. The number of furan rings is 1. The molecule has 2 heterocycles. The summed E-state index contributed by atoms with van der Waals surface area (Å²) in [4.78, 5) is 1.28. The topological polar surface area (TPSA) is 69.0 Å². The Morgan fingerprint density at radius 3 is 2.52 bits per heavy atom. The van der Waals surface area contributed by atoms with Gasteiger partial charge >= 0.3 is 0 Å². The minimum Gasteiger partial charge on any atom is -0.493 e. The van der Waals surface area contributed by atoms with Crippen LogP contribution >= 0.6 is 11.3 Å². The van der Waals surface area contributed by atoms with E-state index in [1.807, 2.05) is 17.5 Å². The molecule has 0 aliphatic heterocycles. The zero-order valence-corrected chi connectivity index (χ0v) is 16.8. The molecule has 0 unspecified atom stereocenters. The summed E-state index contributed by atoms with van der Waals surface area (Å²) in [5.41, 5.74) is 0. The molecule has 0 amide bonds. The summed E-state index contributed by atoms with van der Waals surface area (Å²) < 4.78 is 43.8. The highest BCUT2D eigenvalue weighted by atomic mass is 32.2. The third-order valence-corrected chi connectivity index (χ3v) is 6.87. The molecule has 0 bridgehead atoms. The molecule has 144 valence electrons. The first kappa shape index (κ1) is 19.5. The van der Waals surface area contributed by atoms with E-state index in [2.05, 4.69) is 0 Å². The Morgan fingerprint density at radius 1 is 1.07 bits per heavy atom. The molecule has 1 aromatic carbocycles. The number of methoxy groups -OCH3 is 2. The predicted octanol–water partition coefficient (Wildman–Crippen LogP) is 3.79. The summed E-state index contributed by atoms with van der Waals surface area (Å²) >= 11 is 1.61. The van der Waals surface area contributed by atoms with Gasteiger partial charge in [0.1, 0.15) is 5.76 Å². The molecule has 0 aliphatic carbocycles. The fraction of sp³-hybridized carbons (Fsp3) is 0.263. The van der Waals surface area contributed by atoms with E-state index in [9.17, 15) is 8.42 Å². The molecule has 0 spiro atoms. The molecular weight excluding hydrogens is 386 g/mol. The number of hydrogen-bond donors (Lipinski definition) is 0. The van der Waals surface area contributed by atoms with Gasteiger partial charge in [-0.2, -0.15) is 4.31 Å². The molecule has 0 radical (unpaired) electrons. The van der Waals surface area contributed by atoms with Crippen molar-refractivity contribution in [3.05, 3.63) is 64.7 Å². The number of thiophene rings is 1. The Hall–Kier alpha value is -2.29. The highest BCUT2D eigenvalue weighted by molar-refractivity contribution is 7.89. The molecule has 0 atom stereocenters. The Morgan fingerprint density at radius 2 is 1.89 bits per heavy atom. The summed E-state index contributed by atoms with van der Waals surface area (Å²) in [6, 6.07) is 12.1. The van der Waals surface area contributed by atoms with Gasteiger partial charge in [0.15, 0.2) is 11.5 Å². The lowest BCUT2D eigenvalue weighted by molar-refractivity contribution is 0.352. The van der Waals surface area contributed by atoms with Crippen molar-refractivity contribution in [3.8, 4) is 11.5 Å². The molecule has 0 N–H and O–H groups in total. The molecule has 0 aliphatic rings. The normalized spacial score (nSPS) is 11.7. The Bertz CT molecular complexity index is 950. The maximum absolute atomic E-state index is 13.3. The fourth-order valence-electron chi connectivity index (χ4n) is 2.68. The minimum absolute atomic E-state index is 0.151. The van der Waals surface area contributed by atoms with E-state index in [4.69, 9.17) is 13.9 Å². The lowest BCUT2D eigenvalue weighted by Crippen LogP contribution is -2.32. The predicted molar refractivity (Wildman–Crippen MR) is 104 cm³/mol. The van der Waals surface area contributed by atoms with Crippen LogP contribution in [0, 0.1) is 0 Å². The second kappa shape index (κ2) is 8.60. The maximum Gasteiger partial charge on any atom is 0.243 e. The second-order valence-corrected chi connectivity index (χ2v) is 8.73. The van der Waals surface area contributed by atoms with Gasteiger partial charge in [-0.05, 0) is 42.1 Å². The Balaban J connectivity index is 1.90.